The zero-order valence-electron chi connectivity index (χ0n) is 9.97. The van der Waals surface area contributed by atoms with Gasteiger partial charge in [-0.15, -0.1) is 0 Å². The van der Waals surface area contributed by atoms with Gasteiger partial charge in [0.15, 0.2) is 0 Å². The van der Waals surface area contributed by atoms with Crippen molar-refractivity contribution in [2.75, 3.05) is 6.54 Å². The van der Waals surface area contributed by atoms with E-state index in [9.17, 15) is 5.11 Å². The second kappa shape index (κ2) is 4.84. The van der Waals surface area contributed by atoms with E-state index in [1.54, 1.807) is 0 Å². The Bertz CT molecular complexity index is 199. The summed E-state index contributed by atoms with van der Waals surface area (Å²) in [4.78, 5) is 0. The average molecular weight is 211 g/mol. The lowest BCUT2D eigenvalue weighted by atomic mass is 9.57. The molecule has 2 saturated carbocycles. The first-order valence-electron chi connectivity index (χ1n) is 6.68. The second-order valence-corrected chi connectivity index (χ2v) is 5.48. The highest BCUT2D eigenvalue weighted by Gasteiger charge is 2.46. The molecule has 0 aromatic heterocycles. The molecule has 2 rings (SSSR count). The number of hydrogen-bond acceptors (Lipinski definition) is 2. The van der Waals surface area contributed by atoms with Gasteiger partial charge in [0, 0.05) is 12.6 Å². The number of aliphatic hydroxyl groups excluding tert-OH is 1. The van der Waals surface area contributed by atoms with Gasteiger partial charge in [-0.1, -0.05) is 26.2 Å². The predicted octanol–water partition coefficient (Wildman–Crippen LogP) is 2.46. The van der Waals surface area contributed by atoms with Gasteiger partial charge in [0.2, 0.25) is 0 Å². The first-order chi connectivity index (χ1) is 7.27. The van der Waals surface area contributed by atoms with Gasteiger partial charge >= 0.3 is 0 Å². The molecule has 2 N–H and O–H groups in total. The smallest absolute Gasteiger partial charge is 0.0662 e. The molecule has 0 aliphatic heterocycles. The summed E-state index contributed by atoms with van der Waals surface area (Å²) in [6.07, 6.45) is 10.6. The van der Waals surface area contributed by atoms with Crippen molar-refractivity contribution >= 4 is 0 Å². The largest absolute Gasteiger partial charge is 0.392 e. The summed E-state index contributed by atoms with van der Waals surface area (Å²) in [5.74, 6) is 0. The van der Waals surface area contributed by atoms with Crippen molar-refractivity contribution in [1.29, 1.82) is 0 Å². The van der Waals surface area contributed by atoms with Crippen LogP contribution in [0.2, 0.25) is 0 Å². The minimum Gasteiger partial charge on any atom is -0.392 e. The van der Waals surface area contributed by atoms with Crippen LogP contribution in [-0.2, 0) is 0 Å². The van der Waals surface area contributed by atoms with Crippen molar-refractivity contribution in [2.24, 2.45) is 5.41 Å². The van der Waals surface area contributed by atoms with E-state index >= 15 is 0 Å². The van der Waals surface area contributed by atoms with E-state index in [4.69, 9.17) is 0 Å². The minimum atomic E-state index is -0.147. The summed E-state index contributed by atoms with van der Waals surface area (Å²) in [7, 11) is 0. The standard InChI is InChI=1S/C13H25NO/c1-2-11(15)10-14-12-6-9-13(12)7-4-3-5-8-13/h11-12,14-15H,2-10H2,1H3. The van der Waals surface area contributed by atoms with Crippen LogP contribution in [0.5, 0.6) is 0 Å². The molecule has 88 valence electrons. The SMILES string of the molecule is CCC(O)CNC1CCC12CCCCC2. The predicted molar refractivity (Wildman–Crippen MR) is 62.8 cm³/mol. The Kier molecular flexibility index (Phi) is 3.68. The zero-order chi connectivity index (χ0) is 10.7. The van der Waals surface area contributed by atoms with Gasteiger partial charge in [-0.05, 0) is 37.5 Å². The lowest BCUT2D eigenvalue weighted by Crippen LogP contribution is -2.55. The molecule has 2 aliphatic rings. The van der Waals surface area contributed by atoms with E-state index in [0.29, 0.717) is 11.5 Å². The summed E-state index contributed by atoms with van der Waals surface area (Å²) in [5, 5.41) is 13.1. The maximum atomic E-state index is 9.55. The molecular weight excluding hydrogens is 186 g/mol. The molecule has 2 unspecified atom stereocenters. The van der Waals surface area contributed by atoms with Crippen LogP contribution in [0, 0.1) is 5.41 Å². The van der Waals surface area contributed by atoms with Gasteiger partial charge in [0.05, 0.1) is 6.10 Å². The average Bonchev–Trinajstić information content (AvgIpc) is 2.28. The van der Waals surface area contributed by atoms with Gasteiger partial charge < -0.3 is 10.4 Å². The van der Waals surface area contributed by atoms with Crippen LogP contribution in [0.15, 0.2) is 0 Å². The van der Waals surface area contributed by atoms with Crippen molar-refractivity contribution in [2.45, 2.75) is 70.4 Å². The van der Waals surface area contributed by atoms with Crippen LogP contribution < -0.4 is 5.32 Å². The first-order valence-corrected chi connectivity index (χ1v) is 6.68. The fourth-order valence-electron chi connectivity index (χ4n) is 3.29. The monoisotopic (exact) mass is 211 g/mol. The van der Waals surface area contributed by atoms with Crippen LogP contribution >= 0.6 is 0 Å². The maximum absolute atomic E-state index is 9.55. The molecule has 0 heterocycles. The molecule has 0 aromatic rings. The topological polar surface area (TPSA) is 32.3 Å². The van der Waals surface area contributed by atoms with E-state index in [2.05, 4.69) is 5.32 Å². The Morgan fingerprint density at radius 1 is 1.27 bits per heavy atom. The van der Waals surface area contributed by atoms with Gasteiger partial charge in [-0.3, -0.25) is 0 Å². The Labute approximate surface area is 93.5 Å². The van der Waals surface area contributed by atoms with Crippen LogP contribution in [0.25, 0.3) is 0 Å². The summed E-state index contributed by atoms with van der Waals surface area (Å²) < 4.78 is 0. The Morgan fingerprint density at radius 3 is 2.53 bits per heavy atom. The highest BCUT2D eigenvalue weighted by atomic mass is 16.3. The Morgan fingerprint density at radius 2 is 2.00 bits per heavy atom. The number of hydrogen-bond donors (Lipinski definition) is 2. The highest BCUT2D eigenvalue weighted by Crippen LogP contribution is 2.51. The fourth-order valence-corrected chi connectivity index (χ4v) is 3.29. The third-order valence-electron chi connectivity index (χ3n) is 4.59. The van der Waals surface area contributed by atoms with Gasteiger partial charge in [0.25, 0.3) is 0 Å². The quantitative estimate of drug-likeness (QED) is 0.748. The van der Waals surface area contributed by atoms with Crippen LogP contribution in [0.3, 0.4) is 0 Å². The Hall–Kier alpha value is -0.0800. The van der Waals surface area contributed by atoms with E-state index in [-0.39, 0.29) is 6.10 Å². The molecule has 15 heavy (non-hydrogen) atoms. The van der Waals surface area contributed by atoms with Gasteiger partial charge in [-0.25, -0.2) is 0 Å². The molecule has 0 amide bonds. The molecule has 2 fully saturated rings. The van der Waals surface area contributed by atoms with Crippen molar-refractivity contribution in [1.82, 2.24) is 5.32 Å². The maximum Gasteiger partial charge on any atom is 0.0662 e. The molecular formula is C13H25NO. The number of rotatable bonds is 4. The van der Waals surface area contributed by atoms with Crippen LogP contribution in [0.4, 0.5) is 0 Å². The summed E-state index contributed by atoms with van der Waals surface area (Å²) in [6, 6.07) is 0.707. The normalized spacial score (nSPS) is 31.2. The molecule has 0 radical (unpaired) electrons. The fraction of sp³-hybridized carbons (Fsp3) is 1.00. The van der Waals surface area contributed by atoms with Crippen molar-refractivity contribution < 1.29 is 5.11 Å². The first kappa shape index (κ1) is 11.4. The second-order valence-electron chi connectivity index (χ2n) is 5.48. The molecule has 0 saturated heterocycles. The van der Waals surface area contributed by atoms with Gasteiger partial charge in [-0.2, -0.15) is 0 Å². The minimum absolute atomic E-state index is 0.147. The lowest BCUT2D eigenvalue weighted by Gasteiger charge is -2.52. The number of nitrogens with one attached hydrogen (secondary N) is 1. The van der Waals surface area contributed by atoms with E-state index in [0.717, 1.165) is 13.0 Å². The van der Waals surface area contributed by atoms with Crippen molar-refractivity contribution in [3.05, 3.63) is 0 Å². The zero-order valence-corrected chi connectivity index (χ0v) is 9.97. The summed E-state index contributed by atoms with van der Waals surface area (Å²) >= 11 is 0. The number of aliphatic hydroxyl groups is 1. The molecule has 0 aromatic carbocycles. The summed E-state index contributed by atoms with van der Waals surface area (Å²) in [6.45, 7) is 2.84. The summed E-state index contributed by atoms with van der Waals surface area (Å²) in [5.41, 5.74) is 0.631. The van der Waals surface area contributed by atoms with Crippen LogP contribution in [-0.4, -0.2) is 23.8 Å². The third kappa shape index (κ3) is 2.36. The third-order valence-corrected chi connectivity index (χ3v) is 4.59. The molecule has 2 atom stereocenters. The molecule has 2 heteroatoms. The molecule has 2 nitrogen and oxygen atoms in total. The van der Waals surface area contributed by atoms with Crippen LogP contribution in [0.1, 0.15) is 58.3 Å². The van der Waals surface area contributed by atoms with Crippen molar-refractivity contribution in [3.8, 4) is 0 Å². The Balaban J connectivity index is 1.78. The lowest BCUT2D eigenvalue weighted by molar-refractivity contribution is 0.0155. The molecule has 2 aliphatic carbocycles. The van der Waals surface area contributed by atoms with E-state index < -0.39 is 0 Å². The highest BCUT2D eigenvalue weighted by molar-refractivity contribution is 5.01. The van der Waals surface area contributed by atoms with Crippen molar-refractivity contribution in [3.63, 3.8) is 0 Å². The van der Waals surface area contributed by atoms with E-state index in [1.807, 2.05) is 6.92 Å². The van der Waals surface area contributed by atoms with Gasteiger partial charge in [0.1, 0.15) is 0 Å². The molecule has 0 bridgehead atoms. The molecule has 1 spiro atoms. The van der Waals surface area contributed by atoms with E-state index in [1.165, 1.54) is 44.9 Å².